The predicted molar refractivity (Wildman–Crippen MR) is 106 cm³/mol. The molecule has 0 radical (unpaired) electrons. The Bertz CT molecular complexity index is 1170. The molecule has 0 atom stereocenters. The van der Waals surface area contributed by atoms with Crippen molar-refractivity contribution in [3.8, 4) is 17.2 Å². The van der Waals surface area contributed by atoms with E-state index in [1.165, 1.54) is 5.69 Å². The number of hydrogen-bond donors (Lipinski definition) is 0. The van der Waals surface area contributed by atoms with Gasteiger partial charge >= 0.3 is 0 Å². The zero-order valence-electron chi connectivity index (χ0n) is 15.5. The molecule has 0 amide bonds. The zero-order valence-corrected chi connectivity index (χ0v) is 15.5. The van der Waals surface area contributed by atoms with Gasteiger partial charge in [-0.2, -0.15) is 0 Å². The Balaban J connectivity index is 1.66. The van der Waals surface area contributed by atoms with Gasteiger partial charge in [0, 0.05) is 36.3 Å². The summed E-state index contributed by atoms with van der Waals surface area (Å²) in [7, 11) is 0. The van der Waals surface area contributed by atoms with E-state index < -0.39 is 0 Å². The summed E-state index contributed by atoms with van der Waals surface area (Å²) in [5.41, 5.74) is 2.07. The maximum atomic E-state index is 6.29. The molecule has 0 saturated carbocycles. The molecule has 0 fully saturated rings. The molecule has 0 bridgehead atoms. The summed E-state index contributed by atoms with van der Waals surface area (Å²) >= 11 is 0. The second-order valence-corrected chi connectivity index (χ2v) is 6.72. The van der Waals surface area contributed by atoms with Crippen LogP contribution in [0.1, 0.15) is 13.8 Å². The van der Waals surface area contributed by atoms with Gasteiger partial charge in [0.25, 0.3) is 0 Å². The Morgan fingerprint density at radius 2 is 1.81 bits per heavy atom. The highest BCUT2D eigenvalue weighted by Gasteiger charge is 2.18. The maximum absolute atomic E-state index is 6.29. The molecule has 5 nitrogen and oxygen atoms in total. The number of nitrogens with zero attached hydrogens (tertiary/aromatic N) is 3. The first-order valence-electron chi connectivity index (χ1n) is 9.46. The van der Waals surface area contributed by atoms with E-state index in [4.69, 9.17) is 14.5 Å². The first-order valence-corrected chi connectivity index (χ1v) is 9.46. The van der Waals surface area contributed by atoms with Crippen LogP contribution in [0.5, 0.6) is 17.2 Å². The molecule has 0 spiro atoms. The third kappa shape index (κ3) is 2.62. The molecule has 0 aliphatic carbocycles. The predicted octanol–water partition coefficient (Wildman–Crippen LogP) is 3.76. The van der Waals surface area contributed by atoms with Crippen LogP contribution in [-0.4, -0.2) is 26.2 Å². The van der Waals surface area contributed by atoms with Crippen molar-refractivity contribution in [2.24, 2.45) is 9.98 Å². The van der Waals surface area contributed by atoms with E-state index in [1.54, 1.807) is 0 Å². The molecule has 3 aromatic carbocycles. The Morgan fingerprint density at radius 3 is 2.67 bits per heavy atom. The Kier molecular flexibility index (Phi) is 3.74. The van der Waals surface area contributed by atoms with E-state index in [-0.39, 0.29) is 0 Å². The molecule has 2 aliphatic rings. The highest BCUT2D eigenvalue weighted by Crippen LogP contribution is 2.41. The molecule has 27 heavy (non-hydrogen) atoms. The van der Waals surface area contributed by atoms with Crippen LogP contribution in [0.15, 0.2) is 52.4 Å². The first kappa shape index (κ1) is 16.1. The summed E-state index contributed by atoms with van der Waals surface area (Å²) in [5.74, 6) is 2.32. The van der Waals surface area contributed by atoms with Gasteiger partial charge in [-0.15, -0.1) is 0 Å². The number of rotatable bonds is 3. The van der Waals surface area contributed by atoms with Crippen molar-refractivity contribution in [1.29, 1.82) is 0 Å². The minimum Gasteiger partial charge on any atom is -0.489 e. The van der Waals surface area contributed by atoms with Gasteiger partial charge in [-0.3, -0.25) is 4.99 Å². The van der Waals surface area contributed by atoms with E-state index in [9.17, 15) is 0 Å². The van der Waals surface area contributed by atoms with Crippen LogP contribution < -0.4 is 25.1 Å². The first-order chi connectivity index (χ1) is 13.3. The molecule has 0 aromatic heterocycles. The van der Waals surface area contributed by atoms with Crippen LogP contribution in [-0.2, 0) is 0 Å². The summed E-state index contributed by atoms with van der Waals surface area (Å²) < 4.78 is 12.0. The molecule has 2 aliphatic heterocycles. The van der Waals surface area contributed by atoms with Crippen LogP contribution in [0.4, 0.5) is 11.4 Å². The van der Waals surface area contributed by atoms with Gasteiger partial charge in [0.15, 0.2) is 11.5 Å². The van der Waals surface area contributed by atoms with Crippen molar-refractivity contribution < 1.29 is 9.47 Å². The van der Waals surface area contributed by atoms with Crippen molar-refractivity contribution in [2.45, 2.75) is 13.8 Å². The van der Waals surface area contributed by atoms with Gasteiger partial charge < -0.3 is 14.4 Å². The van der Waals surface area contributed by atoms with E-state index in [0.29, 0.717) is 13.2 Å². The minimum absolute atomic E-state index is 0.614. The number of hydrogen-bond acceptors (Lipinski definition) is 5. The standard InChI is InChI=1S/C22H21N3O2/c1-3-25(4-2)15-6-7-16-14(11-15)5-8-17-22(16)27-21-12-18-20(13-19(21)24-17)26-10-9-23-18/h5-8,11-13H,3-4,9-10H2,1-2H3. The lowest BCUT2D eigenvalue weighted by atomic mass is 10.1. The molecule has 0 unspecified atom stereocenters. The lowest BCUT2D eigenvalue weighted by Crippen LogP contribution is -2.23. The smallest absolute Gasteiger partial charge is 0.160 e. The minimum atomic E-state index is 0.614. The average molecular weight is 359 g/mol. The van der Waals surface area contributed by atoms with Gasteiger partial charge in [-0.05, 0) is 43.5 Å². The number of fused-ring (bicyclic) bond motifs is 5. The Morgan fingerprint density at radius 1 is 0.963 bits per heavy atom. The fraction of sp³-hybridized carbons (Fsp3) is 0.273. The van der Waals surface area contributed by atoms with Crippen molar-refractivity contribution in [2.75, 3.05) is 31.1 Å². The molecule has 0 N–H and O–H groups in total. The topological polar surface area (TPSA) is 46.4 Å². The highest BCUT2D eigenvalue weighted by atomic mass is 16.5. The van der Waals surface area contributed by atoms with Crippen LogP contribution >= 0.6 is 0 Å². The number of ether oxygens (including phenoxy) is 2. The third-order valence-corrected chi connectivity index (χ3v) is 5.19. The Labute approximate surface area is 157 Å². The fourth-order valence-electron chi connectivity index (χ4n) is 3.77. The lowest BCUT2D eigenvalue weighted by Gasteiger charge is -2.22. The summed E-state index contributed by atoms with van der Waals surface area (Å²) in [6, 6.07) is 14.5. The summed E-state index contributed by atoms with van der Waals surface area (Å²) in [6.45, 7) is 7.62. The van der Waals surface area contributed by atoms with Crippen molar-refractivity contribution in [3.05, 3.63) is 53.2 Å². The van der Waals surface area contributed by atoms with Crippen LogP contribution in [0.2, 0.25) is 0 Å². The van der Waals surface area contributed by atoms with Gasteiger partial charge in [0.05, 0.1) is 6.54 Å². The van der Waals surface area contributed by atoms with Gasteiger partial charge in [0.2, 0.25) is 0 Å². The second kappa shape index (κ2) is 6.27. The zero-order chi connectivity index (χ0) is 18.4. The van der Waals surface area contributed by atoms with E-state index in [0.717, 1.165) is 57.5 Å². The van der Waals surface area contributed by atoms with E-state index in [1.807, 2.05) is 18.2 Å². The number of benzene rings is 3. The van der Waals surface area contributed by atoms with Crippen LogP contribution in [0.3, 0.4) is 0 Å². The Hall–Kier alpha value is -3.08. The van der Waals surface area contributed by atoms with Crippen molar-refractivity contribution in [1.82, 2.24) is 0 Å². The summed E-state index contributed by atoms with van der Waals surface area (Å²) in [5, 5.41) is 3.85. The highest BCUT2D eigenvalue weighted by molar-refractivity contribution is 5.95. The van der Waals surface area contributed by atoms with E-state index in [2.05, 4.69) is 48.0 Å². The van der Waals surface area contributed by atoms with Gasteiger partial charge in [-0.25, -0.2) is 4.99 Å². The molecule has 2 heterocycles. The fourth-order valence-corrected chi connectivity index (χ4v) is 3.77. The molecular weight excluding hydrogens is 338 g/mol. The van der Waals surface area contributed by atoms with Crippen LogP contribution in [0.25, 0.3) is 10.8 Å². The third-order valence-electron chi connectivity index (χ3n) is 5.19. The van der Waals surface area contributed by atoms with Gasteiger partial charge in [0.1, 0.15) is 28.8 Å². The second-order valence-electron chi connectivity index (χ2n) is 6.72. The monoisotopic (exact) mass is 359 g/mol. The lowest BCUT2D eigenvalue weighted by molar-refractivity contribution is 0.308. The summed E-state index contributed by atoms with van der Waals surface area (Å²) in [6.07, 6.45) is 0. The van der Waals surface area contributed by atoms with Crippen molar-refractivity contribution in [3.63, 3.8) is 0 Å². The van der Waals surface area contributed by atoms with E-state index >= 15 is 0 Å². The normalized spacial score (nSPS) is 14.0. The molecule has 5 rings (SSSR count). The quantitative estimate of drug-likeness (QED) is 0.560. The average Bonchev–Trinajstić information content (AvgIpc) is 2.71. The molecule has 136 valence electrons. The SMILES string of the molecule is CCN(CC)c1ccc2c3c(ccc2c1)N=c1cc2c(cc1O3)=NCCO2. The van der Waals surface area contributed by atoms with Gasteiger partial charge in [-0.1, -0.05) is 6.07 Å². The van der Waals surface area contributed by atoms with Crippen LogP contribution in [0, 0.1) is 0 Å². The molecule has 0 saturated heterocycles. The summed E-state index contributed by atoms with van der Waals surface area (Å²) in [4.78, 5) is 11.7. The van der Waals surface area contributed by atoms with Crippen molar-refractivity contribution >= 4 is 22.1 Å². The molecule has 5 heteroatoms. The molecular formula is C22H21N3O2. The number of anilines is 1. The maximum Gasteiger partial charge on any atom is 0.160 e. The largest absolute Gasteiger partial charge is 0.489 e. The molecule has 3 aromatic rings.